The summed E-state index contributed by atoms with van der Waals surface area (Å²) in [6.07, 6.45) is 0. The molecule has 0 unspecified atom stereocenters. The van der Waals surface area contributed by atoms with E-state index in [1.807, 2.05) is 30.3 Å². The fourth-order valence-electron chi connectivity index (χ4n) is 2.65. The van der Waals surface area contributed by atoms with Crippen LogP contribution in [0.1, 0.15) is 18.1 Å². The minimum Gasteiger partial charge on any atom is -0.488 e. The minimum absolute atomic E-state index is 0. The van der Waals surface area contributed by atoms with Gasteiger partial charge in [-0.3, -0.25) is 0 Å². The summed E-state index contributed by atoms with van der Waals surface area (Å²) in [5, 5.41) is 6.59. The van der Waals surface area contributed by atoms with Gasteiger partial charge in [0.25, 0.3) is 0 Å². The number of halogens is 2. The third kappa shape index (κ3) is 4.21. The van der Waals surface area contributed by atoms with Gasteiger partial charge in [0.15, 0.2) is 0 Å². The van der Waals surface area contributed by atoms with Crippen molar-refractivity contribution in [3.8, 4) is 5.75 Å². The molecule has 1 N–H and O–H groups in total. The second-order valence-electron chi connectivity index (χ2n) is 5.42. The van der Waals surface area contributed by atoms with Crippen LogP contribution in [0.5, 0.6) is 5.75 Å². The molecule has 3 aromatic rings. The van der Waals surface area contributed by atoms with Gasteiger partial charge in [0, 0.05) is 22.7 Å². The first-order valence-corrected chi connectivity index (χ1v) is 8.25. The van der Waals surface area contributed by atoms with Gasteiger partial charge < -0.3 is 10.1 Å². The standard InChI is InChI=1S/C20H20ClNO.ClH/c1-2-22-13-18-17-9-5-3-7-15(17)11-12-20(18)23-14-16-8-4-6-10-19(16)21;/h3-12,22H,2,13-14H2,1H3;1H. The van der Waals surface area contributed by atoms with Crippen LogP contribution in [0.25, 0.3) is 10.8 Å². The van der Waals surface area contributed by atoms with Crippen molar-refractivity contribution in [2.24, 2.45) is 0 Å². The van der Waals surface area contributed by atoms with E-state index in [4.69, 9.17) is 16.3 Å². The molecule has 0 saturated carbocycles. The molecule has 0 aliphatic heterocycles. The summed E-state index contributed by atoms with van der Waals surface area (Å²) in [5.41, 5.74) is 2.19. The molecule has 0 bridgehead atoms. The Balaban J connectivity index is 0.00000208. The average Bonchev–Trinajstić information content (AvgIpc) is 2.59. The number of rotatable bonds is 6. The summed E-state index contributed by atoms with van der Waals surface area (Å²) in [7, 11) is 0. The van der Waals surface area contributed by atoms with Gasteiger partial charge >= 0.3 is 0 Å². The Bertz CT molecular complexity index is 805. The Labute approximate surface area is 154 Å². The zero-order valence-electron chi connectivity index (χ0n) is 13.6. The highest BCUT2D eigenvalue weighted by molar-refractivity contribution is 6.31. The Kier molecular flexibility index (Phi) is 6.92. The fourth-order valence-corrected chi connectivity index (χ4v) is 2.84. The number of hydrogen-bond donors (Lipinski definition) is 1. The first-order valence-electron chi connectivity index (χ1n) is 7.87. The van der Waals surface area contributed by atoms with E-state index in [1.165, 1.54) is 16.3 Å². The normalized spacial score (nSPS) is 10.4. The molecule has 3 aromatic carbocycles. The summed E-state index contributed by atoms with van der Waals surface area (Å²) in [4.78, 5) is 0. The largest absolute Gasteiger partial charge is 0.488 e. The van der Waals surface area contributed by atoms with Crippen LogP contribution in [-0.4, -0.2) is 6.54 Å². The molecule has 0 amide bonds. The summed E-state index contributed by atoms with van der Waals surface area (Å²) in [6, 6.07) is 20.3. The molecule has 0 radical (unpaired) electrons. The van der Waals surface area contributed by atoms with Gasteiger partial charge in [-0.15, -0.1) is 12.4 Å². The van der Waals surface area contributed by atoms with Crippen molar-refractivity contribution in [2.75, 3.05) is 6.54 Å². The number of fused-ring (bicyclic) bond motifs is 1. The van der Waals surface area contributed by atoms with Crippen molar-refractivity contribution in [1.29, 1.82) is 0 Å². The van der Waals surface area contributed by atoms with Crippen LogP contribution in [0.2, 0.25) is 5.02 Å². The molecule has 0 spiro atoms. The van der Waals surface area contributed by atoms with E-state index < -0.39 is 0 Å². The average molecular weight is 362 g/mol. The lowest BCUT2D eigenvalue weighted by atomic mass is 10.0. The molecule has 126 valence electrons. The van der Waals surface area contributed by atoms with Crippen molar-refractivity contribution in [3.63, 3.8) is 0 Å². The van der Waals surface area contributed by atoms with Crippen LogP contribution < -0.4 is 10.1 Å². The SMILES string of the molecule is CCNCc1c(OCc2ccccc2Cl)ccc2ccccc12.Cl. The zero-order chi connectivity index (χ0) is 16.1. The molecule has 0 aliphatic rings. The number of ether oxygens (including phenoxy) is 1. The zero-order valence-corrected chi connectivity index (χ0v) is 15.2. The van der Waals surface area contributed by atoms with E-state index in [0.29, 0.717) is 6.61 Å². The maximum absolute atomic E-state index is 6.22. The molecule has 0 atom stereocenters. The number of benzene rings is 3. The monoisotopic (exact) mass is 361 g/mol. The van der Waals surface area contributed by atoms with Gasteiger partial charge in [-0.25, -0.2) is 0 Å². The molecule has 0 aromatic heterocycles. The van der Waals surface area contributed by atoms with Gasteiger partial charge in [0.2, 0.25) is 0 Å². The lowest BCUT2D eigenvalue weighted by molar-refractivity contribution is 0.303. The molecule has 0 fully saturated rings. The second kappa shape index (κ2) is 8.93. The molecule has 4 heteroatoms. The van der Waals surface area contributed by atoms with Crippen molar-refractivity contribution in [2.45, 2.75) is 20.1 Å². The lowest BCUT2D eigenvalue weighted by Crippen LogP contribution is -2.13. The highest BCUT2D eigenvalue weighted by Gasteiger charge is 2.09. The molecule has 0 saturated heterocycles. The van der Waals surface area contributed by atoms with Gasteiger partial charge in [-0.2, -0.15) is 0 Å². The highest BCUT2D eigenvalue weighted by atomic mass is 35.5. The Morgan fingerprint density at radius 2 is 1.71 bits per heavy atom. The van der Waals surface area contributed by atoms with Crippen LogP contribution in [0.3, 0.4) is 0 Å². The van der Waals surface area contributed by atoms with E-state index in [-0.39, 0.29) is 12.4 Å². The van der Waals surface area contributed by atoms with E-state index in [1.54, 1.807) is 0 Å². The maximum atomic E-state index is 6.22. The molecule has 3 rings (SSSR count). The number of nitrogens with one attached hydrogen (secondary N) is 1. The highest BCUT2D eigenvalue weighted by Crippen LogP contribution is 2.29. The van der Waals surface area contributed by atoms with Crippen molar-refractivity contribution < 1.29 is 4.74 Å². The van der Waals surface area contributed by atoms with Gasteiger partial charge in [0.1, 0.15) is 12.4 Å². The third-order valence-corrected chi connectivity index (χ3v) is 4.26. The van der Waals surface area contributed by atoms with Gasteiger partial charge in [-0.05, 0) is 29.4 Å². The Morgan fingerprint density at radius 3 is 2.50 bits per heavy atom. The van der Waals surface area contributed by atoms with Gasteiger partial charge in [-0.1, -0.05) is 67.1 Å². The summed E-state index contributed by atoms with van der Waals surface area (Å²) < 4.78 is 6.08. The maximum Gasteiger partial charge on any atom is 0.124 e. The van der Waals surface area contributed by atoms with E-state index in [2.05, 4.69) is 42.6 Å². The molecular formula is C20H21Cl2NO. The van der Waals surface area contributed by atoms with Crippen LogP contribution in [-0.2, 0) is 13.2 Å². The predicted octanol–water partition coefficient (Wildman–Crippen LogP) is 5.60. The molecule has 2 nitrogen and oxygen atoms in total. The first-order chi connectivity index (χ1) is 11.3. The topological polar surface area (TPSA) is 21.3 Å². The van der Waals surface area contributed by atoms with Crippen molar-refractivity contribution >= 4 is 34.8 Å². The van der Waals surface area contributed by atoms with Gasteiger partial charge in [0.05, 0.1) is 0 Å². The van der Waals surface area contributed by atoms with E-state index in [9.17, 15) is 0 Å². The molecule has 24 heavy (non-hydrogen) atoms. The Morgan fingerprint density at radius 1 is 0.958 bits per heavy atom. The lowest BCUT2D eigenvalue weighted by Gasteiger charge is -2.15. The predicted molar refractivity (Wildman–Crippen MR) is 104 cm³/mol. The second-order valence-corrected chi connectivity index (χ2v) is 5.83. The third-order valence-electron chi connectivity index (χ3n) is 3.89. The van der Waals surface area contributed by atoms with Crippen molar-refractivity contribution in [3.05, 3.63) is 76.8 Å². The smallest absolute Gasteiger partial charge is 0.124 e. The Hall–Kier alpha value is -1.74. The van der Waals surface area contributed by atoms with Crippen LogP contribution in [0.4, 0.5) is 0 Å². The molecular weight excluding hydrogens is 341 g/mol. The van der Waals surface area contributed by atoms with E-state index >= 15 is 0 Å². The van der Waals surface area contributed by atoms with Crippen molar-refractivity contribution in [1.82, 2.24) is 5.32 Å². The fraction of sp³-hybridized carbons (Fsp3) is 0.200. The van der Waals surface area contributed by atoms with Crippen LogP contribution in [0.15, 0.2) is 60.7 Å². The number of hydrogen-bond acceptors (Lipinski definition) is 2. The quantitative estimate of drug-likeness (QED) is 0.616. The summed E-state index contributed by atoms with van der Waals surface area (Å²) in [5.74, 6) is 0.907. The summed E-state index contributed by atoms with van der Waals surface area (Å²) in [6.45, 7) is 4.29. The molecule has 0 aliphatic carbocycles. The van der Waals surface area contributed by atoms with Crippen LogP contribution >= 0.6 is 24.0 Å². The summed E-state index contributed by atoms with van der Waals surface area (Å²) >= 11 is 6.22. The first kappa shape index (κ1) is 18.6. The van der Waals surface area contributed by atoms with Crippen LogP contribution in [0, 0.1) is 0 Å². The van der Waals surface area contributed by atoms with E-state index in [0.717, 1.165) is 29.4 Å². The minimum atomic E-state index is 0. The molecule has 0 heterocycles.